The summed E-state index contributed by atoms with van der Waals surface area (Å²) in [5.41, 5.74) is 1.49. The maximum absolute atomic E-state index is 13.2. The number of hydrogen-bond acceptors (Lipinski definition) is 3. The van der Waals surface area contributed by atoms with E-state index in [-0.39, 0.29) is 11.7 Å². The number of hydrogen-bond donors (Lipinski definition) is 1. The van der Waals surface area contributed by atoms with Crippen molar-refractivity contribution in [2.45, 2.75) is 26.7 Å². The number of amides is 1. The highest BCUT2D eigenvalue weighted by molar-refractivity contribution is 6.32. The standard InChI is InChI=1S/C19H21ClFNO3/c1-4-5-8-25-18-15(20)10-13(11-17(18)24-3)19(23)22-16-7-6-14(21)9-12(16)2/h6-7,9-11H,4-5,8H2,1-3H3,(H,22,23). The zero-order valence-corrected chi connectivity index (χ0v) is 15.2. The Bertz CT molecular complexity index is 765. The van der Waals surface area contributed by atoms with E-state index in [9.17, 15) is 9.18 Å². The van der Waals surface area contributed by atoms with E-state index in [1.54, 1.807) is 13.0 Å². The first-order valence-electron chi connectivity index (χ1n) is 8.04. The first-order chi connectivity index (χ1) is 12.0. The van der Waals surface area contributed by atoms with E-state index < -0.39 is 0 Å². The number of benzene rings is 2. The summed E-state index contributed by atoms with van der Waals surface area (Å²) in [6.07, 6.45) is 1.89. The predicted octanol–water partition coefficient (Wildman–Crippen LogP) is 5.23. The third kappa shape index (κ3) is 4.86. The Morgan fingerprint density at radius 1 is 1.28 bits per heavy atom. The van der Waals surface area contributed by atoms with Gasteiger partial charge < -0.3 is 14.8 Å². The molecule has 0 aliphatic heterocycles. The van der Waals surface area contributed by atoms with Crippen molar-refractivity contribution in [3.63, 3.8) is 0 Å². The molecule has 0 saturated carbocycles. The van der Waals surface area contributed by atoms with Gasteiger partial charge in [0.15, 0.2) is 11.5 Å². The van der Waals surface area contributed by atoms with Crippen LogP contribution in [0.1, 0.15) is 35.7 Å². The van der Waals surface area contributed by atoms with E-state index in [0.717, 1.165) is 12.8 Å². The fraction of sp³-hybridized carbons (Fsp3) is 0.316. The zero-order valence-electron chi connectivity index (χ0n) is 14.5. The molecule has 2 aromatic rings. The number of anilines is 1. The van der Waals surface area contributed by atoms with Crippen molar-refractivity contribution in [2.75, 3.05) is 19.0 Å². The molecule has 134 valence electrons. The normalized spacial score (nSPS) is 10.4. The third-order valence-corrected chi connectivity index (χ3v) is 3.95. The van der Waals surface area contributed by atoms with Crippen LogP contribution < -0.4 is 14.8 Å². The largest absolute Gasteiger partial charge is 0.493 e. The van der Waals surface area contributed by atoms with Gasteiger partial charge in [-0.2, -0.15) is 0 Å². The fourth-order valence-corrected chi connectivity index (χ4v) is 2.54. The van der Waals surface area contributed by atoms with Crippen LogP contribution in [0.4, 0.5) is 10.1 Å². The maximum Gasteiger partial charge on any atom is 0.255 e. The molecule has 1 N–H and O–H groups in total. The molecule has 0 atom stereocenters. The molecule has 0 radical (unpaired) electrons. The number of aryl methyl sites for hydroxylation is 1. The molecule has 25 heavy (non-hydrogen) atoms. The minimum atomic E-state index is -0.366. The summed E-state index contributed by atoms with van der Waals surface area (Å²) in [6, 6.07) is 7.26. The van der Waals surface area contributed by atoms with Gasteiger partial charge in [0.25, 0.3) is 5.91 Å². The average Bonchev–Trinajstić information content (AvgIpc) is 2.58. The summed E-state index contributed by atoms with van der Waals surface area (Å²) >= 11 is 6.26. The van der Waals surface area contributed by atoms with Crippen molar-refractivity contribution in [3.8, 4) is 11.5 Å². The first kappa shape index (κ1) is 19.1. The van der Waals surface area contributed by atoms with Crippen LogP contribution in [0, 0.1) is 12.7 Å². The molecule has 6 heteroatoms. The fourth-order valence-electron chi connectivity index (χ4n) is 2.27. The van der Waals surface area contributed by atoms with E-state index in [0.29, 0.717) is 39.9 Å². The van der Waals surface area contributed by atoms with E-state index in [1.807, 2.05) is 0 Å². The Balaban J connectivity index is 2.23. The van der Waals surface area contributed by atoms with Crippen molar-refractivity contribution in [2.24, 2.45) is 0 Å². The van der Waals surface area contributed by atoms with Crippen LogP contribution in [0.2, 0.25) is 5.02 Å². The molecule has 0 saturated heterocycles. The molecule has 0 aliphatic rings. The highest BCUT2D eigenvalue weighted by Crippen LogP contribution is 2.36. The quantitative estimate of drug-likeness (QED) is 0.683. The Morgan fingerprint density at radius 3 is 2.68 bits per heavy atom. The number of ether oxygens (including phenoxy) is 2. The van der Waals surface area contributed by atoms with Crippen LogP contribution in [0.5, 0.6) is 11.5 Å². The van der Waals surface area contributed by atoms with Gasteiger partial charge in [0, 0.05) is 11.3 Å². The lowest BCUT2D eigenvalue weighted by Crippen LogP contribution is -2.13. The maximum atomic E-state index is 13.2. The molecule has 0 aliphatic carbocycles. The Kier molecular flexibility index (Phi) is 6.65. The number of rotatable bonds is 7. The molecular weight excluding hydrogens is 345 g/mol. The SMILES string of the molecule is CCCCOc1c(Cl)cc(C(=O)Nc2ccc(F)cc2C)cc1OC. The number of carbonyl (C=O) groups is 1. The van der Waals surface area contributed by atoms with Crippen molar-refractivity contribution in [3.05, 3.63) is 52.3 Å². The molecule has 0 unspecified atom stereocenters. The van der Waals surface area contributed by atoms with Gasteiger partial charge in [-0.05, 0) is 49.2 Å². The van der Waals surface area contributed by atoms with E-state index in [4.69, 9.17) is 21.1 Å². The lowest BCUT2D eigenvalue weighted by Gasteiger charge is -2.14. The van der Waals surface area contributed by atoms with Gasteiger partial charge >= 0.3 is 0 Å². The van der Waals surface area contributed by atoms with E-state index >= 15 is 0 Å². The zero-order chi connectivity index (χ0) is 18.4. The third-order valence-electron chi connectivity index (χ3n) is 3.67. The van der Waals surface area contributed by atoms with Crippen molar-refractivity contribution < 1.29 is 18.7 Å². The molecule has 0 heterocycles. The predicted molar refractivity (Wildman–Crippen MR) is 97.5 cm³/mol. The summed E-state index contributed by atoms with van der Waals surface area (Å²) in [7, 11) is 1.49. The highest BCUT2D eigenvalue weighted by Gasteiger charge is 2.16. The van der Waals surface area contributed by atoms with Crippen molar-refractivity contribution in [1.29, 1.82) is 0 Å². The minimum Gasteiger partial charge on any atom is -0.493 e. The van der Waals surface area contributed by atoms with Gasteiger partial charge in [-0.1, -0.05) is 24.9 Å². The first-order valence-corrected chi connectivity index (χ1v) is 8.42. The second-order valence-electron chi connectivity index (χ2n) is 5.60. The average molecular weight is 366 g/mol. The van der Waals surface area contributed by atoms with Crippen LogP contribution in [0.3, 0.4) is 0 Å². The van der Waals surface area contributed by atoms with Crippen LogP contribution >= 0.6 is 11.6 Å². The van der Waals surface area contributed by atoms with Crippen LogP contribution in [0.15, 0.2) is 30.3 Å². The van der Waals surface area contributed by atoms with Gasteiger partial charge in [-0.25, -0.2) is 4.39 Å². The number of halogens is 2. The molecule has 2 aromatic carbocycles. The van der Waals surface area contributed by atoms with Crippen LogP contribution in [0.25, 0.3) is 0 Å². The molecular formula is C19H21ClFNO3. The summed E-state index contributed by atoms with van der Waals surface area (Å²) in [6.45, 7) is 4.30. The summed E-state index contributed by atoms with van der Waals surface area (Å²) in [5.74, 6) is 0.0977. The summed E-state index contributed by atoms with van der Waals surface area (Å²) in [5, 5.41) is 3.05. The lowest BCUT2D eigenvalue weighted by molar-refractivity contribution is 0.102. The monoisotopic (exact) mass is 365 g/mol. The second kappa shape index (κ2) is 8.72. The topological polar surface area (TPSA) is 47.6 Å². The molecule has 1 amide bonds. The Labute approximate surface area is 151 Å². The highest BCUT2D eigenvalue weighted by atomic mass is 35.5. The molecule has 0 fully saturated rings. The minimum absolute atomic E-state index is 0.302. The Hall–Kier alpha value is -2.27. The van der Waals surface area contributed by atoms with Crippen LogP contribution in [-0.2, 0) is 0 Å². The molecule has 4 nitrogen and oxygen atoms in total. The molecule has 2 rings (SSSR count). The smallest absolute Gasteiger partial charge is 0.255 e. The molecule has 0 aromatic heterocycles. The van der Waals surface area contributed by atoms with E-state index in [1.165, 1.54) is 31.4 Å². The number of unbranched alkanes of at least 4 members (excludes halogenated alkanes) is 1. The van der Waals surface area contributed by atoms with Gasteiger partial charge in [-0.3, -0.25) is 4.79 Å². The summed E-state index contributed by atoms with van der Waals surface area (Å²) < 4.78 is 24.1. The molecule has 0 spiro atoms. The number of methoxy groups -OCH3 is 1. The van der Waals surface area contributed by atoms with Crippen LogP contribution in [-0.4, -0.2) is 19.6 Å². The van der Waals surface area contributed by atoms with Gasteiger partial charge in [0.05, 0.1) is 18.7 Å². The van der Waals surface area contributed by atoms with Gasteiger partial charge in [0.2, 0.25) is 0 Å². The molecule has 0 bridgehead atoms. The second-order valence-corrected chi connectivity index (χ2v) is 6.01. The lowest BCUT2D eigenvalue weighted by atomic mass is 10.1. The van der Waals surface area contributed by atoms with Crippen molar-refractivity contribution >= 4 is 23.2 Å². The number of nitrogens with one attached hydrogen (secondary N) is 1. The van der Waals surface area contributed by atoms with Gasteiger partial charge in [-0.15, -0.1) is 0 Å². The van der Waals surface area contributed by atoms with Crippen molar-refractivity contribution in [1.82, 2.24) is 0 Å². The van der Waals surface area contributed by atoms with Gasteiger partial charge in [0.1, 0.15) is 5.82 Å². The van der Waals surface area contributed by atoms with E-state index in [2.05, 4.69) is 12.2 Å². The summed E-state index contributed by atoms with van der Waals surface area (Å²) in [4.78, 5) is 12.5. The number of carbonyl (C=O) groups excluding carboxylic acids is 1. The Morgan fingerprint density at radius 2 is 2.04 bits per heavy atom.